The summed E-state index contributed by atoms with van der Waals surface area (Å²) in [6.45, 7) is 2.74. The van der Waals surface area contributed by atoms with Gasteiger partial charge >= 0.3 is 6.18 Å². The van der Waals surface area contributed by atoms with Gasteiger partial charge in [-0.15, -0.1) is 0 Å². The van der Waals surface area contributed by atoms with Crippen LogP contribution in [-0.4, -0.2) is 40.2 Å². The molecule has 27 heavy (non-hydrogen) atoms. The van der Waals surface area contributed by atoms with Crippen LogP contribution in [0, 0.1) is 12.8 Å². The molecular formula is C18H19F3N4O2. The van der Waals surface area contributed by atoms with Crippen LogP contribution in [0.1, 0.15) is 28.2 Å². The first-order valence-electron chi connectivity index (χ1n) is 8.49. The molecule has 3 rings (SSSR count). The number of nitrogens with zero attached hydrogens (tertiary/aromatic N) is 3. The summed E-state index contributed by atoms with van der Waals surface area (Å²) >= 11 is 0. The predicted molar refractivity (Wildman–Crippen MR) is 92.6 cm³/mol. The molecule has 0 saturated carbocycles. The molecule has 1 fully saturated rings. The van der Waals surface area contributed by atoms with Crippen molar-refractivity contribution in [3.05, 3.63) is 57.5 Å². The van der Waals surface area contributed by atoms with Gasteiger partial charge in [-0.1, -0.05) is 12.1 Å². The topological polar surface area (TPSA) is 81.2 Å². The average molecular weight is 380 g/mol. The molecule has 1 atom stereocenters. The lowest BCUT2D eigenvalue weighted by atomic mass is 10.1. The van der Waals surface area contributed by atoms with Crippen LogP contribution in [0.4, 0.5) is 13.2 Å². The minimum atomic E-state index is -4.60. The van der Waals surface area contributed by atoms with Crippen molar-refractivity contribution in [3.63, 3.8) is 0 Å². The Morgan fingerprint density at radius 3 is 2.67 bits per heavy atom. The van der Waals surface area contributed by atoms with Crippen molar-refractivity contribution in [2.75, 3.05) is 19.6 Å². The van der Waals surface area contributed by atoms with E-state index in [-0.39, 0.29) is 17.3 Å². The fraction of sp³-hybridized carbons (Fsp3) is 0.389. The Balaban J connectivity index is 2.07. The number of benzene rings is 1. The number of carbonyl (C=O) groups is 1. The van der Waals surface area contributed by atoms with Gasteiger partial charge in [0.1, 0.15) is 0 Å². The molecule has 9 heteroatoms. The fourth-order valence-electron chi connectivity index (χ4n) is 3.20. The summed E-state index contributed by atoms with van der Waals surface area (Å²) in [5.41, 5.74) is 3.68. The van der Waals surface area contributed by atoms with Gasteiger partial charge in [0.15, 0.2) is 5.69 Å². The van der Waals surface area contributed by atoms with Crippen LogP contribution in [0.3, 0.4) is 0 Å². The smallest absolute Gasteiger partial charge is 0.337 e. The third-order valence-electron chi connectivity index (χ3n) is 4.65. The lowest BCUT2D eigenvalue weighted by Crippen LogP contribution is -2.35. The lowest BCUT2D eigenvalue weighted by Gasteiger charge is -2.19. The number of carbonyl (C=O) groups excluding carboxylic acids is 1. The van der Waals surface area contributed by atoms with Crippen molar-refractivity contribution in [2.45, 2.75) is 19.5 Å². The number of likely N-dealkylation sites (tertiary alicyclic amines) is 1. The van der Waals surface area contributed by atoms with Gasteiger partial charge in [-0.2, -0.15) is 18.3 Å². The van der Waals surface area contributed by atoms with Crippen molar-refractivity contribution in [2.24, 2.45) is 11.7 Å². The number of amides is 1. The maximum atomic E-state index is 13.3. The molecular weight excluding hydrogens is 361 g/mol. The van der Waals surface area contributed by atoms with E-state index in [9.17, 15) is 22.8 Å². The maximum Gasteiger partial charge on any atom is 0.418 e. The molecule has 2 N–H and O–H groups in total. The Morgan fingerprint density at radius 1 is 1.33 bits per heavy atom. The molecule has 0 spiro atoms. The van der Waals surface area contributed by atoms with Crippen LogP contribution < -0.4 is 11.2 Å². The second-order valence-electron chi connectivity index (χ2n) is 6.57. The minimum absolute atomic E-state index is 0.146. The van der Waals surface area contributed by atoms with Gasteiger partial charge < -0.3 is 10.6 Å². The van der Waals surface area contributed by atoms with Gasteiger partial charge in [0, 0.05) is 24.8 Å². The Labute approximate surface area is 153 Å². The van der Waals surface area contributed by atoms with E-state index in [1.54, 1.807) is 0 Å². The quantitative estimate of drug-likeness (QED) is 0.883. The van der Waals surface area contributed by atoms with Crippen molar-refractivity contribution in [3.8, 4) is 5.69 Å². The number of hydrogen-bond donors (Lipinski definition) is 1. The molecule has 1 saturated heterocycles. The third-order valence-corrected chi connectivity index (χ3v) is 4.65. The second-order valence-corrected chi connectivity index (χ2v) is 6.57. The predicted octanol–water partition coefficient (Wildman–Crippen LogP) is 1.98. The molecule has 1 aromatic carbocycles. The SMILES string of the molecule is Cc1cc(=O)c(C(=O)N2CCC(CN)C2)nn1-c1ccccc1C(F)(F)F. The maximum absolute atomic E-state index is 13.3. The second kappa shape index (κ2) is 7.15. The summed E-state index contributed by atoms with van der Waals surface area (Å²) in [5.74, 6) is -0.443. The summed E-state index contributed by atoms with van der Waals surface area (Å²) in [5, 5.41) is 3.99. The van der Waals surface area contributed by atoms with E-state index in [0.717, 1.165) is 23.2 Å². The fourth-order valence-corrected chi connectivity index (χ4v) is 3.20. The highest BCUT2D eigenvalue weighted by atomic mass is 19.4. The lowest BCUT2D eigenvalue weighted by molar-refractivity contribution is -0.137. The molecule has 2 aromatic rings. The third kappa shape index (κ3) is 3.73. The van der Waals surface area contributed by atoms with Crippen LogP contribution in [-0.2, 0) is 6.18 Å². The van der Waals surface area contributed by atoms with Crippen LogP contribution >= 0.6 is 0 Å². The molecule has 1 aromatic heterocycles. The standard InChI is InChI=1S/C18H19F3N4O2/c1-11-8-15(26)16(17(27)24-7-6-12(9-22)10-24)23-25(11)14-5-3-2-4-13(14)18(19,20)21/h2-5,8,12H,6-7,9-10,22H2,1H3. The molecule has 2 heterocycles. The molecule has 6 nitrogen and oxygen atoms in total. The number of halogens is 3. The number of alkyl halides is 3. The van der Waals surface area contributed by atoms with Gasteiger partial charge in [0.2, 0.25) is 5.43 Å². The van der Waals surface area contributed by atoms with Crippen LogP contribution in [0.5, 0.6) is 0 Å². The van der Waals surface area contributed by atoms with Gasteiger partial charge in [-0.05, 0) is 37.9 Å². The van der Waals surface area contributed by atoms with Crippen molar-refractivity contribution in [1.29, 1.82) is 0 Å². The minimum Gasteiger partial charge on any atom is -0.337 e. The highest BCUT2D eigenvalue weighted by Crippen LogP contribution is 2.33. The molecule has 1 unspecified atom stereocenters. The van der Waals surface area contributed by atoms with Gasteiger partial charge in [-0.25, -0.2) is 4.68 Å². The molecule has 0 bridgehead atoms. The Kier molecular flexibility index (Phi) is 5.05. The average Bonchev–Trinajstić information content (AvgIpc) is 3.10. The Bertz CT molecular complexity index is 924. The summed E-state index contributed by atoms with van der Waals surface area (Å²) in [7, 11) is 0. The molecule has 144 valence electrons. The number of aryl methyl sites for hydroxylation is 1. The molecule has 1 aliphatic heterocycles. The van der Waals surface area contributed by atoms with Crippen LogP contribution in [0.2, 0.25) is 0 Å². The largest absolute Gasteiger partial charge is 0.418 e. The molecule has 1 aliphatic rings. The first kappa shape index (κ1) is 19.1. The number of para-hydroxylation sites is 1. The zero-order valence-electron chi connectivity index (χ0n) is 14.7. The zero-order chi connectivity index (χ0) is 19.8. The van der Waals surface area contributed by atoms with E-state index in [2.05, 4.69) is 5.10 Å². The Hall–Kier alpha value is -2.68. The first-order chi connectivity index (χ1) is 12.7. The normalized spacial score (nSPS) is 17.4. The number of hydrogen-bond acceptors (Lipinski definition) is 4. The van der Waals surface area contributed by atoms with Gasteiger partial charge in [0.25, 0.3) is 5.91 Å². The highest BCUT2D eigenvalue weighted by molar-refractivity contribution is 5.92. The van der Waals surface area contributed by atoms with E-state index in [1.165, 1.54) is 30.0 Å². The van der Waals surface area contributed by atoms with E-state index >= 15 is 0 Å². The van der Waals surface area contributed by atoms with Crippen LogP contribution in [0.15, 0.2) is 35.1 Å². The monoisotopic (exact) mass is 380 g/mol. The van der Waals surface area contributed by atoms with E-state index in [1.807, 2.05) is 0 Å². The zero-order valence-corrected chi connectivity index (χ0v) is 14.7. The van der Waals surface area contributed by atoms with Gasteiger partial charge in [-0.3, -0.25) is 9.59 Å². The Morgan fingerprint density at radius 2 is 2.04 bits per heavy atom. The summed E-state index contributed by atoms with van der Waals surface area (Å²) in [4.78, 5) is 26.4. The molecule has 1 amide bonds. The van der Waals surface area contributed by atoms with E-state index in [0.29, 0.717) is 19.6 Å². The summed E-state index contributed by atoms with van der Waals surface area (Å²) < 4.78 is 41.0. The molecule has 0 radical (unpaired) electrons. The van der Waals surface area contributed by atoms with Crippen LogP contribution in [0.25, 0.3) is 5.69 Å². The van der Waals surface area contributed by atoms with Crippen molar-refractivity contribution >= 4 is 5.91 Å². The number of nitrogens with two attached hydrogens (primary N) is 1. The first-order valence-corrected chi connectivity index (χ1v) is 8.49. The highest BCUT2D eigenvalue weighted by Gasteiger charge is 2.35. The van der Waals surface area contributed by atoms with Crippen molar-refractivity contribution < 1.29 is 18.0 Å². The number of rotatable bonds is 3. The molecule has 0 aliphatic carbocycles. The van der Waals surface area contributed by atoms with E-state index < -0.39 is 28.8 Å². The number of aromatic nitrogens is 2. The van der Waals surface area contributed by atoms with Crippen molar-refractivity contribution in [1.82, 2.24) is 14.7 Å². The summed E-state index contributed by atoms with van der Waals surface area (Å²) in [6, 6.07) is 6.03. The summed E-state index contributed by atoms with van der Waals surface area (Å²) in [6.07, 6.45) is -3.87. The van der Waals surface area contributed by atoms with Gasteiger partial charge in [0.05, 0.1) is 11.3 Å². The van der Waals surface area contributed by atoms with E-state index in [4.69, 9.17) is 5.73 Å².